The Balaban J connectivity index is 1.38. The van der Waals surface area contributed by atoms with Gasteiger partial charge < -0.3 is 9.64 Å². The Bertz CT molecular complexity index is 1520. The third-order valence-electron chi connectivity index (χ3n) is 9.95. The summed E-state index contributed by atoms with van der Waals surface area (Å²) in [4.78, 5) is 46.9. The SMILES string of the molecule is CC1(C)/C(=C\C=C2C(=O)N(C3CCCCC3)C(=O)N(C3CCCCC3)C2=O)N(CCOc2ccccc2)c2ccc(C#N)cc21. The molecule has 4 aliphatic rings. The lowest BCUT2D eigenvalue weighted by Gasteiger charge is -2.43. The summed E-state index contributed by atoms with van der Waals surface area (Å²) in [6, 6.07) is 16.8. The summed E-state index contributed by atoms with van der Waals surface area (Å²) >= 11 is 0. The van der Waals surface area contributed by atoms with Crippen molar-refractivity contribution in [3.05, 3.63) is 83.1 Å². The van der Waals surface area contributed by atoms with Crippen molar-refractivity contribution in [2.75, 3.05) is 18.1 Å². The number of allylic oxidation sites excluding steroid dienone is 3. The topological polar surface area (TPSA) is 94.0 Å². The number of hydrogen-bond acceptors (Lipinski definition) is 6. The summed E-state index contributed by atoms with van der Waals surface area (Å²) in [7, 11) is 0. The summed E-state index contributed by atoms with van der Waals surface area (Å²) in [5.74, 6) is -0.197. The summed E-state index contributed by atoms with van der Waals surface area (Å²) < 4.78 is 6.05. The number of nitriles is 1. The number of amides is 4. The molecule has 8 heteroatoms. The van der Waals surface area contributed by atoms with Gasteiger partial charge in [0, 0.05) is 28.9 Å². The molecular weight excluding hydrogens is 564 g/mol. The average molecular weight is 607 g/mol. The van der Waals surface area contributed by atoms with Gasteiger partial charge in [-0.2, -0.15) is 5.26 Å². The Labute approximate surface area is 265 Å². The van der Waals surface area contributed by atoms with Crippen molar-refractivity contribution in [3.63, 3.8) is 0 Å². The van der Waals surface area contributed by atoms with Crippen LogP contribution in [0.15, 0.2) is 72.0 Å². The summed E-state index contributed by atoms with van der Waals surface area (Å²) in [6.45, 7) is 5.11. The van der Waals surface area contributed by atoms with E-state index in [-0.39, 0.29) is 17.7 Å². The van der Waals surface area contributed by atoms with E-state index in [4.69, 9.17) is 4.74 Å². The van der Waals surface area contributed by atoms with Crippen molar-refractivity contribution in [3.8, 4) is 11.8 Å². The molecule has 2 aromatic rings. The number of barbiturate groups is 1. The fourth-order valence-electron chi connectivity index (χ4n) is 7.53. The van der Waals surface area contributed by atoms with E-state index < -0.39 is 23.3 Å². The molecular formula is C37H42N4O4. The van der Waals surface area contributed by atoms with E-state index >= 15 is 0 Å². The molecule has 2 heterocycles. The van der Waals surface area contributed by atoms with E-state index in [1.165, 1.54) is 9.80 Å². The lowest BCUT2D eigenvalue weighted by Crippen LogP contribution is -2.62. The molecule has 2 aliphatic carbocycles. The number of benzene rings is 2. The minimum Gasteiger partial charge on any atom is -0.492 e. The van der Waals surface area contributed by atoms with Crippen LogP contribution in [0.2, 0.25) is 0 Å². The molecule has 0 radical (unpaired) electrons. The Morgan fingerprint density at radius 3 is 2.02 bits per heavy atom. The maximum absolute atomic E-state index is 14.0. The Morgan fingerprint density at radius 1 is 0.844 bits per heavy atom. The second kappa shape index (κ2) is 12.9. The third kappa shape index (κ3) is 5.88. The first-order valence-electron chi connectivity index (χ1n) is 16.4. The standard InChI is InChI=1S/C37H42N4O4/c1-37(2)31-24-26(25-38)18-20-32(31)39(22-23-45-29-16-10-5-11-17-29)33(37)21-19-30-34(42)40(27-12-6-3-7-13-27)36(44)41(35(30)43)28-14-8-4-9-15-28/h5,10-11,16-21,24,27-28H,3-4,6-9,12-15,22-23H2,1-2H3/b33-21+. The summed E-state index contributed by atoms with van der Waals surface area (Å²) in [5, 5.41) is 9.64. The smallest absolute Gasteiger partial charge is 0.334 e. The molecule has 234 valence electrons. The first kappa shape index (κ1) is 30.6. The molecule has 45 heavy (non-hydrogen) atoms. The lowest BCUT2D eigenvalue weighted by molar-refractivity contribution is -0.139. The van der Waals surface area contributed by atoms with E-state index in [9.17, 15) is 19.6 Å². The first-order valence-corrected chi connectivity index (χ1v) is 16.4. The van der Waals surface area contributed by atoms with Crippen LogP contribution in [0.5, 0.6) is 5.75 Å². The highest BCUT2D eigenvalue weighted by atomic mass is 16.5. The van der Waals surface area contributed by atoms with Crippen molar-refractivity contribution in [1.82, 2.24) is 9.80 Å². The third-order valence-corrected chi connectivity index (χ3v) is 9.95. The van der Waals surface area contributed by atoms with Gasteiger partial charge in [0.25, 0.3) is 11.8 Å². The number of para-hydroxylation sites is 1. The highest BCUT2D eigenvalue weighted by molar-refractivity contribution is 6.29. The van der Waals surface area contributed by atoms with Gasteiger partial charge in [0.15, 0.2) is 0 Å². The molecule has 3 fully saturated rings. The van der Waals surface area contributed by atoms with Crippen molar-refractivity contribution in [2.45, 2.75) is 95.6 Å². The largest absolute Gasteiger partial charge is 0.492 e. The van der Waals surface area contributed by atoms with E-state index in [2.05, 4.69) is 24.8 Å². The van der Waals surface area contributed by atoms with Gasteiger partial charge in [-0.05, 0) is 73.7 Å². The molecule has 4 amide bonds. The molecule has 0 unspecified atom stereocenters. The van der Waals surface area contributed by atoms with Crippen LogP contribution in [0.4, 0.5) is 10.5 Å². The van der Waals surface area contributed by atoms with E-state index in [0.29, 0.717) is 18.7 Å². The molecule has 8 nitrogen and oxygen atoms in total. The molecule has 0 bridgehead atoms. The predicted octanol–water partition coefficient (Wildman–Crippen LogP) is 7.00. The number of fused-ring (bicyclic) bond motifs is 1. The van der Waals surface area contributed by atoms with Crippen molar-refractivity contribution in [1.29, 1.82) is 5.26 Å². The number of carbonyl (C=O) groups excluding carboxylic acids is 3. The van der Waals surface area contributed by atoms with Crippen molar-refractivity contribution in [2.24, 2.45) is 0 Å². The Kier molecular flexibility index (Phi) is 8.80. The van der Waals surface area contributed by atoms with Crippen LogP contribution in [-0.4, -0.2) is 52.9 Å². The van der Waals surface area contributed by atoms with E-state index in [0.717, 1.165) is 86.9 Å². The zero-order chi connectivity index (χ0) is 31.6. The van der Waals surface area contributed by atoms with Crippen LogP contribution in [0, 0.1) is 11.3 Å². The fourth-order valence-corrected chi connectivity index (χ4v) is 7.53. The molecule has 6 rings (SSSR count). The summed E-state index contributed by atoms with van der Waals surface area (Å²) in [5.41, 5.74) is 2.95. The molecule has 2 saturated carbocycles. The van der Waals surface area contributed by atoms with Crippen LogP contribution in [0.1, 0.15) is 89.2 Å². The molecule has 0 aromatic heterocycles. The van der Waals surface area contributed by atoms with E-state index in [1.807, 2.05) is 54.6 Å². The van der Waals surface area contributed by atoms with Crippen molar-refractivity contribution >= 4 is 23.5 Å². The fraction of sp³-hybridized carbons (Fsp3) is 0.459. The molecule has 0 atom stereocenters. The number of anilines is 1. The van der Waals surface area contributed by atoms with Crippen LogP contribution in [0.25, 0.3) is 0 Å². The zero-order valence-electron chi connectivity index (χ0n) is 26.3. The van der Waals surface area contributed by atoms with Gasteiger partial charge in [-0.15, -0.1) is 0 Å². The maximum Gasteiger partial charge on any atom is 0.334 e. The first-order chi connectivity index (χ1) is 21.8. The van der Waals surface area contributed by atoms with Gasteiger partial charge in [-0.1, -0.05) is 70.6 Å². The molecule has 0 spiro atoms. The number of hydrogen-bond donors (Lipinski definition) is 0. The predicted molar refractivity (Wildman–Crippen MR) is 172 cm³/mol. The number of carbonyl (C=O) groups is 3. The minimum atomic E-state index is -0.519. The molecule has 2 aliphatic heterocycles. The quantitative estimate of drug-likeness (QED) is 0.249. The number of nitrogens with zero attached hydrogens (tertiary/aromatic N) is 4. The van der Waals surface area contributed by atoms with Gasteiger partial charge in [0.1, 0.15) is 17.9 Å². The van der Waals surface area contributed by atoms with Crippen LogP contribution in [-0.2, 0) is 15.0 Å². The molecule has 0 N–H and O–H groups in total. The second-order valence-electron chi connectivity index (χ2n) is 13.1. The summed E-state index contributed by atoms with van der Waals surface area (Å²) in [6.07, 6.45) is 12.7. The lowest BCUT2D eigenvalue weighted by atomic mass is 9.83. The van der Waals surface area contributed by atoms with Gasteiger partial charge in [-0.25, -0.2) is 4.79 Å². The van der Waals surface area contributed by atoms with E-state index in [1.54, 1.807) is 6.08 Å². The molecule has 1 saturated heterocycles. The van der Waals surface area contributed by atoms with Crippen molar-refractivity contribution < 1.29 is 19.1 Å². The monoisotopic (exact) mass is 606 g/mol. The minimum absolute atomic E-state index is 0.0446. The number of rotatable bonds is 7. The van der Waals surface area contributed by atoms with Gasteiger partial charge >= 0.3 is 6.03 Å². The zero-order valence-corrected chi connectivity index (χ0v) is 26.3. The van der Waals surface area contributed by atoms with Crippen LogP contribution >= 0.6 is 0 Å². The Hall–Kier alpha value is -4.38. The second-order valence-corrected chi connectivity index (χ2v) is 13.1. The number of urea groups is 1. The number of imide groups is 2. The maximum atomic E-state index is 14.0. The number of ether oxygens (including phenoxy) is 1. The normalized spacial score (nSPS) is 21.7. The molecule has 2 aromatic carbocycles. The van der Waals surface area contributed by atoms with Gasteiger partial charge in [0.05, 0.1) is 18.2 Å². The highest BCUT2D eigenvalue weighted by Gasteiger charge is 2.48. The van der Waals surface area contributed by atoms with Gasteiger partial charge in [0.2, 0.25) is 0 Å². The average Bonchev–Trinajstić information content (AvgIpc) is 3.27. The van der Waals surface area contributed by atoms with Gasteiger partial charge in [-0.3, -0.25) is 19.4 Å². The highest BCUT2D eigenvalue weighted by Crippen LogP contribution is 2.48. The Morgan fingerprint density at radius 2 is 1.44 bits per heavy atom. The van der Waals surface area contributed by atoms with Crippen LogP contribution < -0.4 is 9.64 Å². The van der Waals surface area contributed by atoms with Crippen LogP contribution in [0.3, 0.4) is 0 Å².